The van der Waals surface area contributed by atoms with Crippen LogP contribution in [-0.4, -0.2) is 32.2 Å². The van der Waals surface area contributed by atoms with E-state index < -0.39 is 6.10 Å². The van der Waals surface area contributed by atoms with Crippen LogP contribution in [0.15, 0.2) is 54.6 Å². The second kappa shape index (κ2) is 7.35. The van der Waals surface area contributed by atoms with Gasteiger partial charge in [0.05, 0.1) is 18.2 Å². The SMILES string of the molecule is Cl.N[C@H](Cc1ccccc1)[C@@H](O)Cn1nnc2ccccc21. The minimum absolute atomic E-state index is 0. The molecule has 2 aromatic carbocycles. The molecule has 3 aromatic rings. The summed E-state index contributed by atoms with van der Waals surface area (Å²) in [5, 5.41) is 18.4. The predicted octanol–water partition coefficient (Wildman–Crippen LogP) is 1.78. The summed E-state index contributed by atoms with van der Waals surface area (Å²) in [5.74, 6) is 0. The van der Waals surface area contributed by atoms with Crippen molar-refractivity contribution in [1.29, 1.82) is 0 Å². The normalized spacial score (nSPS) is 13.5. The molecule has 0 saturated carbocycles. The number of benzene rings is 2. The van der Waals surface area contributed by atoms with Gasteiger partial charge in [-0.25, -0.2) is 4.68 Å². The van der Waals surface area contributed by atoms with E-state index in [-0.39, 0.29) is 18.4 Å². The van der Waals surface area contributed by atoms with Gasteiger partial charge in [-0.2, -0.15) is 0 Å². The lowest BCUT2D eigenvalue weighted by Crippen LogP contribution is -2.39. The van der Waals surface area contributed by atoms with Gasteiger partial charge in [0.15, 0.2) is 0 Å². The molecule has 5 nitrogen and oxygen atoms in total. The molecule has 0 bridgehead atoms. The lowest BCUT2D eigenvalue weighted by Gasteiger charge is -2.19. The number of nitrogens with zero attached hydrogens (tertiary/aromatic N) is 3. The molecule has 6 heteroatoms. The zero-order chi connectivity index (χ0) is 14.7. The van der Waals surface area contributed by atoms with Crippen LogP contribution in [0.2, 0.25) is 0 Å². The van der Waals surface area contributed by atoms with E-state index in [9.17, 15) is 5.11 Å². The Hall–Kier alpha value is -1.95. The van der Waals surface area contributed by atoms with Crippen LogP contribution in [0, 0.1) is 0 Å². The fourth-order valence-corrected chi connectivity index (χ4v) is 2.39. The van der Waals surface area contributed by atoms with Crippen molar-refractivity contribution in [2.75, 3.05) is 0 Å². The molecule has 0 fully saturated rings. The van der Waals surface area contributed by atoms with Crippen molar-refractivity contribution in [3.8, 4) is 0 Å². The highest BCUT2D eigenvalue weighted by atomic mass is 35.5. The molecule has 0 aliphatic heterocycles. The molecule has 0 radical (unpaired) electrons. The van der Waals surface area contributed by atoms with Crippen LogP contribution < -0.4 is 5.73 Å². The van der Waals surface area contributed by atoms with Crippen LogP contribution in [-0.2, 0) is 13.0 Å². The molecule has 0 unspecified atom stereocenters. The molecule has 0 saturated heterocycles. The molecule has 0 amide bonds. The zero-order valence-corrected chi connectivity index (χ0v) is 12.9. The average Bonchev–Trinajstić information content (AvgIpc) is 2.91. The maximum atomic E-state index is 10.3. The van der Waals surface area contributed by atoms with Crippen molar-refractivity contribution in [2.45, 2.75) is 25.1 Å². The van der Waals surface area contributed by atoms with Crippen LogP contribution in [0.25, 0.3) is 11.0 Å². The first-order valence-electron chi connectivity index (χ1n) is 7.00. The quantitative estimate of drug-likeness (QED) is 0.752. The van der Waals surface area contributed by atoms with Gasteiger partial charge in [0.25, 0.3) is 0 Å². The number of para-hydroxylation sites is 1. The first-order chi connectivity index (χ1) is 10.2. The fourth-order valence-electron chi connectivity index (χ4n) is 2.39. The summed E-state index contributed by atoms with van der Waals surface area (Å²) in [6, 6.07) is 17.3. The van der Waals surface area contributed by atoms with E-state index in [1.807, 2.05) is 54.6 Å². The lowest BCUT2D eigenvalue weighted by atomic mass is 10.0. The minimum atomic E-state index is -0.671. The van der Waals surface area contributed by atoms with Crippen molar-refractivity contribution in [2.24, 2.45) is 5.73 Å². The molecular weight excluding hydrogens is 300 g/mol. The Morgan fingerprint density at radius 3 is 2.50 bits per heavy atom. The molecule has 1 aromatic heterocycles. The minimum Gasteiger partial charge on any atom is -0.390 e. The average molecular weight is 319 g/mol. The van der Waals surface area contributed by atoms with E-state index in [4.69, 9.17) is 5.73 Å². The van der Waals surface area contributed by atoms with Crippen LogP contribution >= 0.6 is 12.4 Å². The molecular formula is C16H19ClN4O. The molecule has 0 spiro atoms. The van der Waals surface area contributed by atoms with E-state index >= 15 is 0 Å². The maximum Gasteiger partial charge on any atom is 0.113 e. The number of aliphatic hydroxyl groups is 1. The van der Waals surface area contributed by atoms with E-state index in [2.05, 4.69) is 10.3 Å². The Bertz CT molecular complexity index is 716. The first-order valence-corrected chi connectivity index (χ1v) is 7.00. The Morgan fingerprint density at radius 1 is 1.05 bits per heavy atom. The van der Waals surface area contributed by atoms with Crippen molar-refractivity contribution in [3.63, 3.8) is 0 Å². The summed E-state index contributed by atoms with van der Waals surface area (Å²) in [6.45, 7) is 0.342. The van der Waals surface area contributed by atoms with E-state index in [1.165, 1.54) is 0 Å². The zero-order valence-electron chi connectivity index (χ0n) is 12.0. The number of halogens is 1. The van der Waals surface area contributed by atoms with Crippen molar-refractivity contribution in [1.82, 2.24) is 15.0 Å². The number of aromatic nitrogens is 3. The van der Waals surface area contributed by atoms with E-state index in [1.54, 1.807) is 4.68 Å². The van der Waals surface area contributed by atoms with Gasteiger partial charge in [0.1, 0.15) is 5.52 Å². The molecule has 0 aliphatic carbocycles. The molecule has 3 rings (SSSR count). The molecule has 0 aliphatic rings. The highest BCUT2D eigenvalue weighted by Crippen LogP contribution is 2.12. The summed E-state index contributed by atoms with van der Waals surface area (Å²) in [4.78, 5) is 0. The van der Waals surface area contributed by atoms with Crippen LogP contribution in [0.3, 0.4) is 0 Å². The Labute approximate surface area is 135 Å². The number of hydrogen-bond donors (Lipinski definition) is 2. The number of aliphatic hydroxyl groups excluding tert-OH is 1. The summed E-state index contributed by atoms with van der Waals surface area (Å²) in [6.07, 6.45) is -0.0374. The molecule has 22 heavy (non-hydrogen) atoms. The lowest BCUT2D eigenvalue weighted by molar-refractivity contribution is 0.121. The molecule has 1 heterocycles. The van der Waals surface area contributed by atoms with Crippen molar-refractivity contribution < 1.29 is 5.11 Å². The topological polar surface area (TPSA) is 77.0 Å². The van der Waals surface area contributed by atoms with Crippen LogP contribution in [0.1, 0.15) is 5.56 Å². The van der Waals surface area contributed by atoms with Gasteiger partial charge in [-0.15, -0.1) is 17.5 Å². The summed E-state index contributed by atoms with van der Waals surface area (Å²) >= 11 is 0. The number of nitrogens with two attached hydrogens (primary N) is 1. The summed E-state index contributed by atoms with van der Waals surface area (Å²) in [5.41, 5.74) is 8.94. The second-order valence-corrected chi connectivity index (χ2v) is 5.18. The summed E-state index contributed by atoms with van der Waals surface area (Å²) < 4.78 is 1.70. The molecule has 3 N–H and O–H groups in total. The van der Waals surface area contributed by atoms with Gasteiger partial charge in [-0.1, -0.05) is 47.7 Å². The van der Waals surface area contributed by atoms with Gasteiger partial charge < -0.3 is 10.8 Å². The van der Waals surface area contributed by atoms with Gasteiger partial charge in [-0.3, -0.25) is 0 Å². The van der Waals surface area contributed by atoms with Crippen molar-refractivity contribution >= 4 is 23.4 Å². The Kier molecular flexibility index (Phi) is 5.49. The number of hydrogen-bond acceptors (Lipinski definition) is 4. The number of rotatable bonds is 5. The molecule has 2 atom stereocenters. The predicted molar refractivity (Wildman–Crippen MR) is 88.9 cm³/mol. The highest BCUT2D eigenvalue weighted by molar-refractivity contribution is 5.85. The van der Waals surface area contributed by atoms with E-state index in [0.717, 1.165) is 16.6 Å². The van der Waals surface area contributed by atoms with Gasteiger partial charge in [0, 0.05) is 6.04 Å². The van der Waals surface area contributed by atoms with Gasteiger partial charge >= 0.3 is 0 Å². The van der Waals surface area contributed by atoms with Crippen molar-refractivity contribution in [3.05, 3.63) is 60.2 Å². The van der Waals surface area contributed by atoms with Crippen LogP contribution in [0.4, 0.5) is 0 Å². The monoisotopic (exact) mass is 318 g/mol. The second-order valence-electron chi connectivity index (χ2n) is 5.18. The van der Waals surface area contributed by atoms with E-state index in [0.29, 0.717) is 13.0 Å². The fraction of sp³-hybridized carbons (Fsp3) is 0.250. The smallest absolute Gasteiger partial charge is 0.113 e. The first kappa shape index (κ1) is 16.4. The third-order valence-corrected chi connectivity index (χ3v) is 3.59. The van der Waals surface area contributed by atoms with Crippen LogP contribution in [0.5, 0.6) is 0 Å². The third-order valence-electron chi connectivity index (χ3n) is 3.59. The molecule has 116 valence electrons. The standard InChI is InChI=1S/C16H18N4O.ClH/c17-13(10-12-6-2-1-3-7-12)16(21)11-20-15-9-5-4-8-14(15)18-19-20;/h1-9,13,16,21H,10-11,17H2;1H/t13-,16+;/m1./s1. The Morgan fingerprint density at radius 2 is 1.73 bits per heavy atom. The van der Waals surface area contributed by atoms with Gasteiger partial charge in [-0.05, 0) is 24.1 Å². The largest absolute Gasteiger partial charge is 0.390 e. The third kappa shape index (κ3) is 3.62. The van der Waals surface area contributed by atoms with Gasteiger partial charge in [0.2, 0.25) is 0 Å². The summed E-state index contributed by atoms with van der Waals surface area (Å²) in [7, 11) is 0. The Balaban J connectivity index is 0.00000176. The maximum absolute atomic E-state index is 10.3. The highest BCUT2D eigenvalue weighted by Gasteiger charge is 2.17. The number of fused-ring (bicyclic) bond motifs is 1.